The molecule has 20 heavy (non-hydrogen) atoms. The molecule has 2 heterocycles. The number of imidazole rings is 1. The summed E-state index contributed by atoms with van der Waals surface area (Å²) in [5.74, 6) is 1.33. The van der Waals surface area contributed by atoms with Gasteiger partial charge in [-0.25, -0.2) is 4.98 Å². The van der Waals surface area contributed by atoms with Gasteiger partial charge in [0.15, 0.2) is 0 Å². The van der Waals surface area contributed by atoms with Gasteiger partial charge in [-0.05, 0) is 43.2 Å². The van der Waals surface area contributed by atoms with Crippen LogP contribution in [0.2, 0.25) is 0 Å². The molecule has 2 unspecified atom stereocenters. The van der Waals surface area contributed by atoms with Gasteiger partial charge in [-0.2, -0.15) is 11.8 Å². The molecule has 2 aromatic rings. The quantitative estimate of drug-likeness (QED) is 0.914. The Morgan fingerprint density at radius 3 is 2.90 bits per heavy atom. The van der Waals surface area contributed by atoms with E-state index in [0.717, 1.165) is 17.5 Å². The maximum absolute atomic E-state index is 4.08. The van der Waals surface area contributed by atoms with E-state index in [9.17, 15) is 0 Å². The average Bonchev–Trinajstić information content (AvgIpc) is 3.18. The Morgan fingerprint density at radius 2 is 2.25 bits per heavy atom. The minimum Gasteiger partial charge on any atom is -0.309 e. The van der Waals surface area contributed by atoms with E-state index in [4.69, 9.17) is 0 Å². The number of thioether (sulfide) groups is 1. The monoisotopic (exact) mass is 287 g/mol. The maximum atomic E-state index is 4.08. The summed E-state index contributed by atoms with van der Waals surface area (Å²) in [5.41, 5.74) is 2.50. The Labute approximate surface area is 124 Å². The van der Waals surface area contributed by atoms with Gasteiger partial charge in [-0.15, -0.1) is 0 Å². The minimum atomic E-state index is 0.410. The van der Waals surface area contributed by atoms with Gasteiger partial charge in [-0.3, -0.25) is 0 Å². The van der Waals surface area contributed by atoms with Gasteiger partial charge < -0.3 is 9.88 Å². The van der Waals surface area contributed by atoms with E-state index in [0.29, 0.717) is 6.04 Å². The van der Waals surface area contributed by atoms with E-state index in [-0.39, 0.29) is 0 Å². The summed E-state index contributed by atoms with van der Waals surface area (Å²) in [5, 5.41) is 4.46. The normalized spacial score (nSPS) is 20.1. The molecular formula is C16H21N3S. The van der Waals surface area contributed by atoms with Crippen molar-refractivity contribution in [1.82, 2.24) is 14.9 Å². The fourth-order valence-electron chi connectivity index (χ4n) is 2.58. The van der Waals surface area contributed by atoms with Crippen LogP contribution in [0.4, 0.5) is 0 Å². The second kappa shape index (κ2) is 6.46. The number of benzene rings is 1. The highest BCUT2D eigenvalue weighted by Crippen LogP contribution is 2.26. The van der Waals surface area contributed by atoms with Crippen molar-refractivity contribution >= 4 is 11.8 Å². The summed E-state index contributed by atoms with van der Waals surface area (Å²) in [4.78, 5) is 4.08. The highest BCUT2D eigenvalue weighted by molar-refractivity contribution is 8.00. The predicted molar refractivity (Wildman–Crippen MR) is 85.5 cm³/mol. The summed E-state index contributed by atoms with van der Waals surface area (Å²) in [6.07, 6.45) is 8.34. The van der Waals surface area contributed by atoms with Gasteiger partial charge in [0.05, 0.1) is 6.33 Å². The zero-order valence-electron chi connectivity index (χ0n) is 11.8. The van der Waals surface area contributed by atoms with Gasteiger partial charge in [0.2, 0.25) is 0 Å². The molecule has 0 amide bonds. The SMILES string of the molecule is CC(NCC1CCCS1)c1ccc(-n2ccnc2)cc1. The van der Waals surface area contributed by atoms with E-state index in [2.05, 4.69) is 53.3 Å². The summed E-state index contributed by atoms with van der Waals surface area (Å²) in [6.45, 7) is 3.36. The third-order valence-electron chi connectivity index (χ3n) is 3.87. The lowest BCUT2D eigenvalue weighted by Crippen LogP contribution is -2.26. The second-order valence-corrected chi connectivity index (χ2v) is 6.73. The highest BCUT2D eigenvalue weighted by atomic mass is 32.2. The number of hydrogen-bond donors (Lipinski definition) is 1. The first-order valence-electron chi connectivity index (χ1n) is 7.26. The molecule has 2 atom stereocenters. The molecule has 0 saturated carbocycles. The first kappa shape index (κ1) is 13.7. The van der Waals surface area contributed by atoms with Gasteiger partial charge >= 0.3 is 0 Å². The number of rotatable bonds is 5. The van der Waals surface area contributed by atoms with Crippen molar-refractivity contribution in [3.05, 3.63) is 48.5 Å². The zero-order chi connectivity index (χ0) is 13.8. The molecule has 3 rings (SSSR count). The molecule has 0 radical (unpaired) electrons. The largest absolute Gasteiger partial charge is 0.309 e. The van der Waals surface area contributed by atoms with E-state index in [1.165, 1.54) is 24.2 Å². The predicted octanol–water partition coefficient (Wildman–Crippen LogP) is 3.42. The van der Waals surface area contributed by atoms with Crippen LogP contribution in [0.3, 0.4) is 0 Å². The molecular weight excluding hydrogens is 266 g/mol. The Kier molecular flexibility index (Phi) is 4.43. The lowest BCUT2D eigenvalue weighted by molar-refractivity contribution is 0.559. The summed E-state index contributed by atoms with van der Waals surface area (Å²) >= 11 is 2.11. The maximum Gasteiger partial charge on any atom is 0.0991 e. The summed E-state index contributed by atoms with van der Waals surface area (Å²) in [7, 11) is 0. The van der Waals surface area contributed by atoms with E-state index >= 15 is 0 Å². The van der Waals surface area contributed by atoms with Crippen molar-refractivity contribution in [2.24, 2.45) is 0 Å². The zero-order valence-corrected chi connectivity index (χ0v) is 12.6. The molecule has 0 spiro atoms. The molecule has 0 bridgehead atoms. The van der Waals surface area contributed by atoms with E-state index < -0.39 is 0 Å². The van der Waals surface area contributed by atoms with Crippen molar-refractivity contribution in [2.75, 3.05) is 12.3 Å². The molecule has 1 fully saturated rings. The van der Waals surface area contributed by atoms with Crippen LogP contribution in [0, 0.1) is 0 Å². The standard InChI is InChI=1S/C16H21N3S/c1-13(18-11-16-3-2-10-20-16)14-4-6-15(7-5-14)19-9-8-17-12-19/h4-9,12-13,16,18H,2-3,10-11H2,1H3. The molecule has 4 heteroatoms. The number of aromatic nitrogens is 2. The van der Waals surface area contributed by atoms with Crippen LogP contribution >= 0.6 is 11.8 Å². The van der Waals surface area contributed by atoms with E-state index in [1.54, 1.807) is 6.20 Å². The highest BCUT2D eigenvalue weighted by Gasteiger charge is 2.16. The second-order valence-electron chi connectivity index (χ2n) is 5.33. The van der Waals surface area contributed by atoms with Crippen LogP contribution in [0.25, 0.3) is 5.69 Å². The topological polar surface area (TPSA) is 29.9 Å². The molecule has 1 N–H and O–H groups in total. The van der Waals surface area contributed by atoms with Crippen molar-refractivity contribution in [2.45, 2.75) is 31.1 Å². The van der Waals surface area contributed by atoms with Crippen LogP contribution in [-0.4, -0.2) is 27.1 Å². The van der Waals surface area contributed by atoms with Gasteiger partial charge in [-0.1, -0.05) is 12.1 Å². The Morgan fingerprint density at radius 1 is 1.40 bits per heavy atom. The smallest absolute Gasteiger partial charge is 0.0991 e. The van der Waals surface area contributed by atoms with Crippen molar-refractivity contribution < 1.29 is 0 Å². The van der Waals surface area contributed by atoms with Crippen LogP contribution in [-0.2, 0) is 0 Å². The van der Waals surface area contributed by atoms with Gasteiger partial charge in [0.25, 0.3) is 0 Å². The third-order valence-corrected chi connectivity index (χ3v) is 5.27. The fraction of sp³-hybridized carbons (Fsp3) is 0.438. The molecule has 1 aromatic carbocycles. The van der Waals surface area contributed by atoms with Gasteiger partial charge in [0.1, 0.15) is 0 Å². The van der Waals surface area contributed by atoms with Crippen LogP contribution in [0.5, 0.6) is 0 Å². The molecule has 106 valence electrons. The third kappa shape index (κ3) is 3.25. The molecule has 1 aliphatic rings. The Bertz CT molecular complexity index is 515. The van der Waals surface area contributed by atoms with Crippen molar-refractivity contribution in [3.63, 3.8) is 0 Å². The summed E-state index contributed by atoms with van der Waals surface area (Å²) < 4.78 is 2.02. The Hall–Kier alpha value is -1.26. The average molecular weight is 287 g/mol. The van der Waals surface area contributed by atoms with Crippen LogP contribution < -0.4 is 5.32 Å². The lowest BCUT2D eigenvalue weighted by Gasteiger charge is -2.17. The number of nitrogens with zero attached hydrogens (tertiary/aromatic N) is 2. The van der Waals surface area contributed by atoms with Gasteiger partial charge in [0, 0.05) is 35.9 Å². The number of nitrogens with one attached hydrogen (secondary N) is 1. The molecule has 1 saturated heterocycles. The van der Waals surface area contributed by atoms with Crippen LogP contribution in [0.15, 0.2) is 43.0 Å². The molecule has 1 aromatic heterocycles. The first-order valence-corrected chi connectivity index (χ1v) is 8.31. The van der Waals surface area contributed by atoms with Crippen molar-refractivity contribution in [3.8, 4) is 5.69 Å². The first-order chi connectivity index (χ1) is 9.83. The Balaban J connectivity index is 1.59. The lowest BCUT2D eigenvalue weighted by atomic mass is 10.1. The fourth-order valence-corrected chi connectivity index (χ4v) is 3.79. The van der Waals surface area contributed by atoms with Crippen molar-refractivity contribution in [1.29, 1.82) is 0 Å². The molecule has 0 aliphatic carbocycles. The van der Waals surface area contributed by atoms with E-state index in [1.807, 2.05) is 17.1 Å². The summed E-state index contributed by atoms with van der Waals surface area (Å²) in [6, 6.07) is 9.12. The minimum absolute atomic E-state index is 0.410. The molecule has 1 aliphatic heterocycles. The van der Waals surface area contributed by atoms with Crippen LogP contribution in [0.1, 0.15) is 31.4 Å². The number of hydrogen-bond acceptors (Lipinski definition) is 3. The molecule has 3 nitrogen and oxygen atoms in total.